The topological polar surface area (TPSA) is 57.8 Å². The number of nitrogens with zero attached hydrogens (tertiary/aromatic N) is 1. The Labute approximate surface area is 145 Å². The molecule has 4 rings (SSSR count). The molecule has 0 saturated carbocycles. The molecule has 2 heterocycles. The maximum Gasteiger partial charge on any atom is 0.228 e. The van der Waals surface area contributed by atoms with Gasteiger partial charge in [-0.25, -0.2) is 0 Å². The Kier molecular flexibility index (Phi) is 3.73. The van der Waals surface area contributed by atoms with Crippen molar-refractivity contribution in [1.82, 2.24) is 9.97 Å². The zero-order valence-corrected chi connectivity index (χ0v) is 14.3. The number of aromatic amines is 1. The fourth-order valence-electron chi connectivity index (χ4n) is 3.28. The van der Waals surface area contributed by atoms with Crippen LogP contribution in [-0.4, -0.2) is 15.9 Å². The molecule has 0 aliphatic heterocycles. The van der Waals surface area contributed by atoms with E-state index in [-0.39, 0.29) is 5.91 Å². The van der Waals surface area contributed by atoms with E-state index in [1.807, 2.05) is 37.3 Å². The van der Waals surface area contributed by atoms with Gasteiger partial charge in [-0.15, -0.1) is 0 Å². The van der Waals surface area contributed by atoms with Crippen molar-refractivity contribution in [1.29, 1.82) is 0 Å². The van der Waals surface area contributed by atoms with Gasteiger partial charge in [-0.1, -0.05) is 29.8 Å². The van der Waals surface area contributed by atoms with Gasteiger partial charge in [0, 0.05) is 28.2 Å². The highest BCUT2D eigenvalue weighted by Gasteiger charge is 2.14. The van der Waals surface area contributed by atoms with Crippen molar-refractivity contribution in [2.24, 2.45) is 0 Å². The third-order valence-corrected chi connectivity index (χ3v) is 4.52. The molecule has 0 atom stereocenters. The second kappa shape index (κ2) is 6.06. The monoisotopic (exact) mass is 329 g/mol. The first-order valence-corrected chi connectivity index (χ1v) is 8.33. The number of hydrogen-bond acceptors (Lipinski definition) is 2. The first kappa shape index (κ1) is 15.4. The molecular weight excluding hydrogens is 310 g/mol. The molecule has 0 aliphatic rings. The number of aromatic nitrogens is 2. The Balaban J connectivity index is 1.64. The van der Waals surface area contributed by atoms with E-state index in [0.29, 0.717) is 6.42 Å². The smallest absolute Gasteiger partial charge is 0.228 e. The van der Waals surface area contributed by atoms with Crippen LogP contribution in [0.25, 0.3) is 21.8 Å². The third-order valence-electron chi connectivity index (χ3n) is 4.52. The summed E-state index contributed by atoms with van der Waals surface area (Å²) in [6.45, 7) is 4.07. The minimum absolute atomic E-state index is 0.0383. The number of carbonyl (C=O) groups excluding carboxylic acids is 1. The summed E-state index contributed by atoms with van der Waals surface area (Å²) in [6, 6.07) is 16.0. The summed E-state index contributed by atoms with van der Waals surface area (Å²) in [5.74, 6) is -0.0383. The summed E-state index contributed by atoms with van der Waals surface area (Å²) < 4.78 is 0. The van der Waals surface area contributed by atoms with Crippen LogP contribution < -0.4 is 5.32 Å². The fraction of sp³-hybridized carbons (Fsp3) is 0.143. The van der Waals surface area contributed by atoms with Crippen molar-refractivity contribution in [2.75, 3.05) is 5.32 Å². The number of H-pyrrole nitrogens is 1. The van der Waals surface area contributed by atoms with Gasteiger partial charge in [0.05, 0.1) is 17.6 Å². The van der Waals surface area contributed by atoms with Crippen molar-refractivity contribution in [3.63, 3.8) is 0 Å². The lowest BCUT2D eigenvalue weighted by Gasteiger charge is -2.08. The molecule has 4 heteroatoms. The second-order valence-electron chi connectivity index (χ2n) is 6.38. The van der Waals surface area contributed by atoms with Crippen molar-refractivity contribution in [3.8, 4) is 0 Å². The van der Waals surface area contributed by atoms with E-state index < -0.39 is 0 Å². The number of benzene rings is 2. The molecule has 0 saturated heterocycles. The second-order valence-corrected chi connectivity index (χ2v) is 6.38. The number of para-hydroxylation sites is 1. The van der Waals surface area contributed by atoms with E-state index in [4.69, 9.17) is 0 Å². The summed E-state index contributed by atoms with van der Waals surface area (Å²) in [7, 11) is 0. The van der Waals surface area contributed by atoms with Gasteiger partial charge in [0.25, 0.3) is 0 Å². The van der Waals surface area contributed by atoms with Crippen molar-refractivity contribution in [2.45, 2.75) is 20.3 Å². The van der Waals surface area contributed by atoms with Gasteiger partial charge in [0.2, 0.25) is 5.91 Å². The van der Waals surface area contributed by atoms with E-state index in [2.05, 4.69) is 40.4 Å². The number of rotatable bonds is 3. The number of aryl methyl sites for hydroxylation is 2. The van der Waals surface area contributed by atoms with Gasteiger partial charge in [-0.05, 0) is 43.7 Å². The molecule has 4 aromatic rings. The molecule has 0 spiro atoms. The molecule has 2 N–H and O–H groups in total. The average molecular weight is 329 g/mol. The maximum absolute atomic E-state index is 12.7. The minimum atomic E-state index is -0.0383. The number of fused-ring (bicyclic) bond motifs is 2. The van der Waals surface area contributed by atoms with E-state index in [1.165, 1.54) is 5.56 Å². The highest BCUT2D eigenvalue weighted by Crippen LogP contribution is 2.25. The normalized spacial score (nSPS) is 11.1. The SMILES string of the molecule is Cc1ccc2[nH]c(C)c(CC(=O)Nc3cccc4cccnc34)c2c1. The molecular formula is C21H19N3O. The lowest BCUT2D eigenvalue weighted by molar-refractivity contribution is -0.115. The Hall–Kier alpha value is -3.14. The predicted octanol–water partition coefficient (Wildman–Crippen LogP) is 4.51. The van der Waals surface area contributed by atoms with Gasteiger partial charge >= 0.3 is 0 Å². The first-order valence-electron chi connectivity index (χ1n) is 8.33. The van der Waals surface area contributed by atoms with Crippen molar-refractivity contribution in [3.05, 3.63) is 71.5 Å². The molecule has 2 aromatic carbocycles. The zero-order valence-electron chi connectivity index (χ0n) is 14.3. The van der Waals surface area contributed by atoms with Crippen LogP contribution >= 0.6 is 0 Å². The largest absolute Gasteiger partial charge is 0.358 e. The number of hydrogen-bond donors (Lipinski definition) is 2. The molecule has 0 bridgehead atoms. The van der Waals surface area contributed by atoms with Crippen LogP contribution in [0.5, 0.6) is 0 Å². The van der Waals surface area contributed by atoms with Crippen LogP contribution in [-0.2, 0) is 11.2 Å². The number of anilines is 1. The molecule has 4 nitrogen and oxygen atoms in total. The molecule has 0 radical (unpaired) electrons. The number of pyridine rings is 1. The van der Waals surface area contributed by atoms with Crippen LogP contribution in [0.4, 0.5) is 5.69 Å². The van der Waals surface area contributed by atoms with Gasteiger partial charge in [-0.2, -0.15) is 0 Å². The van der Waals surface area contributed by atoms with Crippen LogP contribution in [0.2, 0.25) is 0 Å². The number of carbonyl (C=O) groups is 1. The third kappa shape index (κ3) is 2.87. The molecule has 25 heavy (non-hydrogen) atoms. The summed E-state index contributed by atoms with van der Waals surface area (Å²) in [6.07, 6.45) is 2.07. The molecule has 0 fully saturated rings. The van der Waals surface area contributed by atoms with Gasteiger partial charge in [0.15, 0.2) is 0 Å². The lowest BCUT2D eigenvalue weighted by atomic mass is 10.1. The lowest BCUT2D eigenvalue weighted by Crippen LogP contribution is -2.15. The van der Waals surface area contributed by atoms with E-state index in [1.54, 1.807) is 6.20 Å². The van der Waals surface area contributed by atoms with E-state index in [0.717, 1.165) is 38.8 Å². The molecule has 124 valence electrons. The quantitative estimate of drug-likeness (QED) is 0.581. The average Bonchev–Trinajstić information content (AvgIpc) is 2.90. The highest BCUT2D eigenvalue weighted by molar-refractivity contribution is 6.02. The van der Waals surface area contributed by atoms with Crippen LogP contribution in [0.1, 0.15) is 16.8 Å². The Bertz CT molecular complexity index is 1090. The molecule has 2 aromatic heterocycles. The van der Waals surface area contributed by atoms with Crippen molar-refractivity contribution >= 4 is 33.4 Å². The summed E-state index contributed by atoms with van der Waals surface area (Å²) >= 11 is 0. The van der Waals surface area contributed by atoms with E-state index >= 15 is 0 Å². The number of nitrogens with one attached hydrogen (secondary N) is 2. The molecule has 0 aliphatic carbocycles. The van der Waals surface area contributed by atoms with Crippen LogP contribution in [0.15, 0.2) is 54.7 Å². The Morgan fingerprint density at radius 3 is 2.84 bits per heavy atom. The van der Waals surface area contributed by atoms with Crippen molar-refractivity contribution < 1.29 is 4.79 Å². The van der Waals surface area contributed by atoms with Crippen LogP contribution in [0.3, 0.4) is 0 Å². The number of amides is 1. The first-order chi connectivity index (χ1) is 12.1. The zero-order chi connectivity index (χ0) is 17.4. The van der Waals surface area contributed by atoms with Crippen LogP contribution in [0, 0.1) is 13.8 Å². The van der Waals surface area contributed by atoms with Gasteiger partial charge < -0.3 is 10.3 Å². The maximum atomic E-state index is 12.7. The summed E-state index contributed by atoms with van der Waals surface area (Å²) in [5.41, 5.74) is 5.89. The Morgan fingerprint density at radius 2 is 1.96 bits per heavy atom. The summed E-state index contributed by atoms with van der Waals surface area (Å²) in [5, 5.41) is 5.14. The molecule has 1 amide bonds. The van der Waals surface area contributed by atoms with Gasteiger partial charge in [-0.3, -0.25) is 9.78 Å². The molecule has 0 unspecified atom stereocenters. The summed E-state index contributed by atoms with van der Waals surface area (Å²) in [4.78, 5) is 20.4. The minimum Gasteiger partial charge on any atom is -0.358 e. The predicted molar refractivity (Wildman–Crippen MR) is 102 cm³/mol. The highest BCUT2D eigenvalue weighted by atomic mass is 16.1. The fourth-order valence-corrected chi connectivity index (χ4v) is 3.28. The standard InChI is InChI=1S/C21H19N3O/c1-13-8-9-18-17(11-13)16(14(2)23-18)12-20(25)24-19-7-3-5-15-6-4-10-22-21(15)19/h3-11,23H,12H2,1-2H3,(H,24,25). The van der Waals surface area contributed by atoms with Gasteiger partial charge in [0.1, 0.15) is 0 Å². The Morgan fingerprint density at radius 1 is 1.12 bits per heavy atom. The van der Waals surface area contributed by atoms with E-state index in [9.17, 15) is 4.79 Å².